The Balaban J connectivity index is 4.69. The highest BCUT2D eigenvalue weighted by Crippen LogP contribution is 2.18. The zero-order valence-corrected chi connectivity index (χ0v) is 8.85. The van der Waals surface area contributed by atoms with Crippen molar-refractivity contribution in [3.63, 3.8) is 0 Å². The van der Waals surface area contributed by atoms with E-state index in [2.05, 4.69) is 9.47 Å². The zero-order valence-electron chi connectivity index (χ0n) is 8.85. The molecule has 1 N–H and O–H groups in total. The molecule has 6 nitrogen and oxygen atoms in total. The minimum atomic E-state index is -1.18. The Hall–Kier alpha value is -1.59. The molecule has 1 unspecified atom stereocenters. The monoisotopic (exact) mass is 218 g/mol. The molecule has 0 spiro atoms. The van der Waals surface area contributed by atoms with Gasteiger partial charge in [-0.3, -0.25) is 14.4 Å². The number of esters is 2. The lowest BCUT2D eigenvalue weighted by Crippen LogP contribution is -2.33. The summed E-state index contributed by atoms with van der Waals surface area (Å²) in [4.78, 5) is 32.9. The van der Waals surface area contributed by atoms with Gasteiger partial charge in [0.15, 0.2) is 5.92 Å². The Labute approximate surface area is 87.2 Å². The Morgan fingerprint density at radius 1 is 1.13 bits per heavy atom. The van der Waals surface area contributed by atoms with Crippen molar-refractivity contribution >= 4 is 17.9 Å². The highest BCUT2D eigenvalue weighted by Gasteiger charge is 2.35. The standard InChI is InChI=1S/C9H14O6/c1-5(4-6(10)11)7(8(12)14-2)9(13)15-3/h5,7H,4H2,1-3H3,(H,10,11). The minimum absolute atomic E-state index is 0.297. The second-order valence-corrected chi connectivity index (χ2v) is 3.10. The molecule has 0 saturated heterocycles. The number of carboxylic acid groups (broad SMARTS) is 1. The molecule has 0 aromatic carbocycles. The van der Waals surface area contributed by atoms with Crippen molar-refractivity contribution in [1.82, 2.24) is 0 Å². The van der Waals surface area contributed by atoms with Gasteiger partial charge in [0.1, 0.15) is 0 Å². The van der Waals surface area contributed by atoms with E-state index in [-0.39, 0.29) is 6.42 Å². The maximum Gasteiger partial charge on any atom is 0.320 e. The number of carbonyl (C=O) groups is 3. The van der Waals surface area contributed by atoms with E-state index >= 15 is 0 Å². The lowest BCUT2D eigenvalue weighted by molar-refractivity contribution is -0.161. The van der Waals surface area contributed by atoms with Crippen molar-refractivity contribution in [2.45, 2.75) is 13.3 Å². The Kier molecular flexibility index (Phi) is 5.36. The summed E-state index contributed by atoms with van der Waals surface area (Å²) >= 11 is 0. The number of hydrogen-bond acceptors (Lipinski definition) is 5. The molecule has 0 rings (SSSR count). The van der Waals surface area contributed by atoms with Crippen LogP contribution in [0.1, 0.15) is 13.3 Å². The summed E-state index contributed by atoms with van der Waals surface area (Å²) in [7, 11) is 2.26. The largest absolute Gasteiger partial charge is 0.481 e. The normalized spacial score (nSPS) is 12.0. The fourth-order valence-corrected chi connectivity index (χ4v) is 1.21. The molecule has 1 atom stereocenters. The molecule has 86 valence electrons. The van der Waals surface area contributed by atoms with Gasteiger partial charge in [0.25, 0.3) is 0 Å². The van der Waals surface area contributed by atoms with Crippen molar-refractivity contribution in [2.24, 2.45) is 11.8 Å². The van der Waals surface area contributed by atoms with Gasteiger partial charge < -0.3 is 14.6 Å². The molecule has 0 aliphatic carbocycles. The second kappa shape index (κ2) is 6.00. The Bertz CT molecular complexity index is 243. The lowest BCUT2D eigenvalue weighted by atomic mass is 9.91. The SMILES string of the molecule is COC(=O)C(C(=O)OC)C(C)CC(=O)O. The van der Waals surface area contributed by atoms with Crippen LogP contribution < -0.4 is 0 Å². The first kappa shape index (κ1) is 13.4. The summed E-state index contributed by atoms with van der Waals surface area (Å²) in [6, 6.07) is 0. The average Bonchev–Trinajstić information content (AvgIpc) is 2.16. The van der Waals surface area contributed by atoms with Crippen LogP contribution in [0, 0.1) is 11.8 Å². The predicted molar refractivity (Wildman–Crippen MR) is 48.9 cm³/mol. The van der Waals surface area contributed by atoms with Gasteiger partial charge in [0.05, 0.1) is 14.2 Å². The Morgan fingerprint density at radius 3 is 1.80 bits per heavy atom. The lowest BCUT2D eigenvalue weighted by Gasteiger charge is -2.17. The second-order valence-electron chi connectivity index (χ2n) is 3.10. The number of rotatable bonds is 5. The quantitative estimate of drug-likeness (QED) is 0.518. The van der Waals surface area contributed by atoms with Gasteiger partial charge in [-0.2, -0.15) is 0 Å². The van der Waals surface area contributed by atoms with Gasteiger partial charge in [0, 0.05) is 6.42 Å². The maximum absolute atomic E-state index is 11.2. The van der Waals surface area contributed by atoms with E-state index in [1.54, 1.807) is 0 Å². The summed E-state index contributed by atoms with van der Waals surface area (Å²) in [5, 5.41) is 8.54. The molecular formula is C9H14O6. The van der Waals surface area contributed by atoms with Crippen LogP contribution in [-0.4, -0.2) is 37.2 Å². The number of aliphatic carboxylic acids is 1. The first-order chi connectivity index (χ1) is 6.93. The first-order valence-electron chi connectivity index (χ1n) is 4.31. The summed E-state index contributed by atoms with van der Waals surface area (Å²) in [6.45, 7) is 1.48. The van der Waals surface area contributed by atoms with E-state index in [1.165, 1.54) is 6.92 Å². The van der Waals surface area contributed by atoms with Crippen molar-refractivity contribution in [2.75, 3.05) is 14.2 Å². The van der Waals surface area contributed by atoms with Crippen molar-refractivity contribution < 1.29 is 29.0 Å². The van der Waals surface area contributed by atoms with Crippen molar-refractivity contribution in [3.8, 4) is 0 Å². The van der Waals surface area contributed by atoms with Crippen LogP contribution in [-0.2, 0) is 23.9 Å². The third kappa shape index (κ3) is 3.97. The molecule has 6 heteroatoms. The van der Waals surface area contributed by atoms with Gasteiger partial charge in [-0.25, -0.2) is 0 Å². The van der Waals surface area contributed by atoms with Crippen LogP contribution in [0.5, 0.6) is 0 Å². The molecule has 0 aliphatic rings. The van der Waals surface area contributed by atoms with Crippen molar-refractivity contribution in [1.29, 1.82) is 0 Å². The summed E-state index contributed by atoms with van der Waals surface area (Å²) < 4.78 is 8.81. The van der Waals surface area contributed by atoms with E-state index in [9.17, 15) is 14.4 Å². The van der Waals surface area contributed by atoms with Crippen molar-refractivity contribution in [3.05, 3.63) is 0 Å². The van der Waals surface area contributed by atoms with Gasteiger partial charge in [-0.05, 0) is 5.92 Å². The molecule has 15 heavy (non-hydrogen) atoms. The molecule has 0 radical (unpaired) electrons. The predicted octanol–water partition coefficient (Wildman–Crippen LogP) is 0.0594. The number of carboxylic acids is 1. The number of hydrogen-bond donors (Lipinski definition) is 1. The number of methoxy groups -OCH3 is 2. The summed E-state index contributed by atoms with van der Waals surface area (Å²) in [5.41, 5.74) is 0. The highest BCUT2D eigenvalue weighted by molar-refractivity contribution is 5.95. The number of ether oxygens (including phenoxy) is 2. The molecule has 0 aromatic rings. The topological polar surface area (TPSA) is 89.9 Å². The van der Waals surface area contributed by atoms with E-state index < -0.39 is 29.7 Å². The van der Waals surface area contributed by atoms with E-state index in [1.807, 2.05) is 0 Å². The van der Waals surface area contributed by atoms with E-state index in [4.69, 9.17) is 5.11 Å². The molecular weight excluding hydrogens is 204 g/mol. The van der Waals surface area contributed by atoms with Crippen LogP contribution in [0.4, 0.5) is 0 Å². The number of carbonyl (C=O) groups excluding carboxylic acids is 2. The van der Waals surface area contributed by atoms with Crippen LogP contribution in [0.2, 0.25) is 0 Å². The fourth-order valence-electron chi connectivity index (χ4n) is 1.21. The smallest absolute Gasteiger partial charge is 0.320 e. The van der Waals surface area contributed by atoms with Crippen LogP contribution in [0.3, 0.4) is 0 Å². The molecule has 0 aliphatic heterocycles. The molecule has 0 bridgehead atoms. The fraction of sp³-hybridized carbons (Fsp3) is 0.667. The zero-order chi connectivity index (χ0) is 12.0. The summed E-state index contributed by atoms with van der Waals surface area (Å²) in [6.07, 6.45) is -0.297. The van der Waals surface area contributed by atoms with E-state index in [0.29, 0.717) is 0 Å². The van der Waals surface area contributed by atoms with Crippen LogP contribution in [0.25, 0.3) is 0 Å². The van der Waals surface area contributed by atoms with Crippen LogP contribution in [0.15, 0.2) is 0 Å². The third-order valence-corrected chi connectivity index (χ3v) is 1.98. The van der Waals surface area contributed by atoms with Gasteiger partial charge in [0.2, 0.25) is 0 Å². The Morgan fingerprint density at radius 2 is 1.53 bits per heavy atom. The molecule has 0 saturated carbocycles. The summed E-state index contributed by atoms with van der Waals surface area (Å²) in [5.74, 6) is -4.50. The van der Waals surface area contributed by atoms with Gasteiger partial charge >= 0.3 is 17.9 Å². The van der Waals surface area contributed by atoms with Gasteiger partial charge in [-0.1, -0.05) is 6.92 Å². The molecule has 0 fully saturated rings. The highest BCUT2D eigenvalue weighted by atomic mass is 16.5. The van der Waals surface area contributed by atoms with E-state index in [0.717, 1.165) is 14.2 Å². The average molecular weight is 218 g/mol. The molecule has 0 aromatic heterocycles. The van der Waals surface area contributed by atoms with Gasteiger partial charge in [-0.15, -0.1) is 0 Å². The third-order valence-electron chi connectivity index (χ3n) is 1.98. The molecule has 0 amide bonds. The maximum atomic E-state index is 11.2. The molecule has 0 heterocycles. The van der Waals surface area contributed by atoms with Crippen LogP contribution >= 0.6 is 0 Å². The minimum Gasteiger partial charge on any atom is -0.481 e. The first-order valence-corrected chi connectivity index (χ1v) is 4.31.